The molecule has 7 nitrogen and oxygen atoms in total. The van der Waals surface area contributed by atoms with Crippen LogP contribution >= 0.6 is 23.1 Å². The van der Waals surface area contributed by atoms with E-state index in [-0.39, 0.29) is 17.6 Å². The Hall–Kier alpha value is -3.37. The maximum absolute atomic E-state index is 13.4. The minimum absolute atomic E-state index is 0.0680. The van der Waals surface area contributed by atoms with Crippen molar-refractivity contribution in [2.24, 2.45) is 5.10 Å². The molecule has 1 unspecified atom stereocenters. The van der Waals surface area contributed by atoms with Gasteiger partial charge in [-0.2, -0.15) is 5.10 Å². The summed E-state index contributed by atoms with van der Waals surface area (Å²) in [7, 11) is 0. The van der Waals surface area contributed by atoms with Crippen molar-refractivity contribution in [3.8, 4) is 0 Å². The number of carbonyl (C=O) groups excluding carboxylic acids is 2. The molecule has 178 valence electrons. The highest BCUT2D eigenvalue weighted by Crippen LogP contribution is 2.39. The first-order chi connectivity index (χ1) is 17.1. The van der Waals surface area contributed by atoms with Gasteiger partial charge in [0.25, 0.3) is 5.91 Å². The molecular formula is C25H22FN5O2S2. The zero-order valence-electron chi connectivity index (χ0n) is 18.7. The van der Waals surface area contributed by atoms with Crippen molar-refractivity contribution in [3.05, 3.63) is 81.8 Å². The van der Waals surface area contributed by atoms with E-state index >= 15 is 0 Å². The second kappa shape index (κ2) is 9.01. The zero-order chi connectivity index (χ0) is 23.9. The minimum Gasteiger partial charge on any atom is -0.312 e. The molecule has 6 rings (SSSR count). The molecule has 3 aliphatic heterocycles. The van der Waals surface area contributed by atoms with E-state index in [0.717, 1.165) is 40.6 Å². The Morgan fingerprint density at radius 2 is 1.83 bits per heavy atom. The van der Waals surface area contributed by atoms with E-state index in [4.69, 9.17) is 0 Å². The van der Waals surface area contributed by atoms with E-state index in [1.54, 1.807) is 28.8 Å². The second-order valence-electron chi connectivity index (χ2n) is 8.57. The molecule has 10 heteroatoms. The highest BCUT2D eigenvalue weighted by molar-refractivity contribution is 8.13. The monoisotopic (exact) mass is 507 g/mol. The van der Waals surface area contributed by atoms with Crippen LogP contribution in [-0.4, -0.2) is 34.7 Å². The van der Waals surface area contributed by atoms with Crippen LogP contribution in [-0.2, 0) is 17.1 Å². The molecule has 1 atom stereocenters. The van der Waals surface area contributed by atoms with Gasteiger partial charge in [-0.25, -0.2) is 4.39 Å². The molecule has 2 aromatic carbocycles. The van der Waals surface area contributed by atoms with Crippen molar-refractivity contribution in [1.82, 2.24) is 10.3 Å². The van der Waals surface area contributed by atoms with Crippen molar-refractivity contribution in [2.45, 2.75) is 31.4 Å². The Morgan fingerprint density at radius 3 is 2.57 bits per heavy atom. The van der Waals surface area contributed by atoms with Gasteiger partial charge in [0.2, 0.25) is 12.2 Å². The predicted molar refractivity (Wildman–Crippen MR) is 137 cm³/mol. The van der Waals surface area contributed by atoms with Crippen molar-refractivity contribution in [2.75, 3.05) is 16.3 Å². The number of anilines is 2. The lowest BCUT2D eigenvalue weighted by Gasteiger charge is -2.39. The number of nitrogens with one attached hydrogen (secondary N) is 1. The van der Waals surface area contributed by atoms with Crippen LogP contribution in [0.5, 0.6) is 0 Å². The number of amidine groups is 1. The molecule has 1 N–H and O–H groups in total. The first-order valence-corrected chi connectivity index (χ1v) is 13.2. The third-order valence-corrected chi connectivity index (χ3v) is 8.25. The van der Waals surface area contributed by atoms with Gasteiger partial charge < -0.3 is 4.90 Å². The Balaban J connectivity index is 1.18. The fourth-order valence-corrected chi connectivity index (χ4v) is 6.34. The van der Waals surface area contributed by atoms with Gasteiger partial charge >= 0.3 is 0 Å². The number of hydrogen-bond acceptors (Lipinski definition) is 7. The molecule has 1 aromatic heterocycles. The van der Waals surface area contributed by atoms with Gasteiger partial charge in [-0.15, -0.1) is 11.3 Å². The van der Waals surface area contributed by atoms with E-state index in [1.807, 2.05) is 40.6 Å². The summed E-state index contributed by atoms with van der Waals surface area (Å²) in [5, 5.41) is 7.26. The number of carbonyl (C=O) groups is 2. The van der Waals surface area contributed by atoms with Crippen LogP contribution in [0.15, 0.2) is 65.1 Å². The Morgan fingerprint density at radius 1 is 1.06 bits per heavy atom. The lowest BCUT2D eigenvalue weighted by molar-refractivity contribution is -0.117. The maximum atomic E-state index is 13.4. The molecule has 3 aromatic rings. The molecule has 0 aliphatic carbocycles. The number of fused-ring (bicyclic) bond motifs is 3. The molecule has 2 amide bonds. The topological polar surface area (TPSA) is 68.2 Å². The Kier molecular flexibility index (Phi) is 5.69. The summed E-state index contributed by atoms with van der Waals surface area (Å²) in [6.07, 6.45) is 1.08. The van der Waals surface area contributed by atoms with E-state index in [1.165, 1.54) is 23.5 Å². The van der Waals surface area contributed by atoms with Crippen LogP contribution in [0.4, 0.5) is 15.8 Å². The van der Waals surface area contributed by atoms with Crippen LogP contribution in [0.1, 0.15) is 33.6 Å². The van der Waals surface area contributed by atoms with Gasteiger partial charge in [-0.3, -0.25) is 24.8 Å². The number of rotatable bonds is 5. The van der Waals surface area contributed by atoms with Gasteiger partial charge in [0, 0.05) is 31.0 Å². The normalized spacial score (nSPS) is 19.1. The number of amides is 2. The fraction of sp³-hybridized carbons (Fsp3) is 0.240. The SMILES string of the molecule is O=C1CCCN1c1ccc(CSC2=NNC3N(Cc4ccc(F)cc4)C(=O)c4sccc4N23)cc1. The van der Waals surface area contributed by atoms with Crippen molar-refractivity contribution in [3.63, 3.8) is 0 Å². The molecule has 3 aliphatic rings. The summed E-state index contributed by atoms with van der Waals surface area (Å²) >= 11 is 3.00. The molecule has 1 saturated heterocycles. The number of thiophene rings is 1. The minimum atomic E-state index is -0.444. The summed E-state index contributed by atoms with van der Waals surface area (Å²) in [5.74, 6) is 0.507. The third kappa shape index (κ3) is 4.06. The van der Waals surface area contributed by atoms with E-state index < -0.39 is 6.29 Å². The van der Waals surface area contributed by atoms with Gasteiger partial charge in [-0.1, -0.05) is 36.0 Å². The smallest absolute Gasteiger partial charge is 0.269 e. The molecule has 0 radical (unpaired) electrons. The largest absolute Gasteiger partial charge is 0.312 e. The summed E-state index contributed by atoms with van der Waals surface area (Å²) in [6, 6.07) is 16.2. The van der Waals surface area contributed by atoms with Crippen molar-refractivity contribution < 1.29 is 14.0 Å². The van der Waals surface area contributed by atoms with E-state index in [9.17, 15) is 14.0 Å². The van der Waals surface area contributed by atoms with Gasteiger partial charge in [0.05, 0.1) is 5.69 Å². The lowest BCUT2D eigenvalue weighted by atomic mass is 10.1. The lowest BCUT2D eigenvalue weighted by Crippen LogP contribution is -2.57. The number of hydrazone groups is 1. The van der Waals surface area contributed by atoms with Crippen molar-refractivity contribution >= 4 is 51.5 Å². The molecule has 4 heterocycles. The highest BCUT2D eigenvalue weighted by atomic mass is 32.2. The molecule has 0 saturated carbocycles. The van der Waals surface area contributed by atoms with Gasteiger partial charge in [0.1, 0.15) is 10.7 Å². The molecule has 0 spiro atoms. The van der Waals surface area contributed by atoms with Crippen LogP contribution < -0.4 is 15.2 Å². The molecule has 1 fully saturated rings. The quantitative estimate of drug-likeness (QED) is 0.548. The average Bonchev–Trinajstić information content (AvgIpc) is 3.61. The third-order valence-electron chi connectivity index (χ3n) is 6.34. The number of nitrogens with zero attached hydrogens (tertiary/aromatic N) is 4. The summed E-state index contributed by atoms with van der Waals surface area (Å²) in [4.78, 5) is 31.5. The molecule has 0 bridgehead atoms. The first-order valence-electron chi connectivity index (χ1n) is 11.4. The second-order valence-corrected chi connectivity index (χ2v) is 10.4. The van der Waals surface area contributed by atoms with E-state index in [0.29, 0.717) is 23.6 Å². The first kappa shape index (κ1) is 22.1. The fourth-order valence-electron chi connectivity index (χ4n) is 4.55. The standard InChI is InChI=1S/C25H22FN5O2S2/c26-18-7-3-16(4-8-18)14-30-23(33)22-20(11-13-34-22)31-24(30)27-28-25(31)35-15-17-5-9-19(10-6-17)29-12-1-2-21(29)32/h3-11,13,24,27H,1-2,12,14-15H2. The Bertz CT molecular complexity index is 1310. The van der Waals surface area contributed by atoms with Crippen molar-refractivity contribution in [1.29, 1.82) is 0 Å². The van der Waals surface area contributed by atoms with E-state index in [2.05, 4.69) is 15.4 Å². The number of thioether (sulfide) groups is 1. The van der Waals surface area contributed by atoms with Gasteiger partial charge in [0.15, 0.2) is 5.17 Å². The van der Waals surface area contributed by atoms with Crippen LogP contribution in [0, 0.1) is 5.82 Å². The molecule has 35 heavy (non-hydrogen) atoms. The number of hydrogen-bond donors (Lipinski definition) is 1. The number of halogens is 1. The van der Waals surface area contributed by atoms with Crippen LogP contribution in [0.3, 0.4) is 0 Å². The van der Waals surface area contributed by atoms with Crippen LogP contribution in [0.2, 0.25) is 0 Å². The van der Waals surface area contributed by atoms with Gasteiger partial charge in [-0.05, 0) is 53.3 Å². The highest BCUT2D eigenvalue weighted by Gasteiger charge is 2.43. The number of benzene rings is 2. The predicted octanol–water partition coefficient (Wildman–Crippen LogP) is 4.57. The maximum Gasteiger partial charge on any atom is 0.269 e. The zero-order valence-corrected chi connectivity index (χ0v) is 20.3. The van der Waals surface area contributed by atoms with Crippen LogP contribution in [0.25, 0.3) is 0 Å². The average molecular weight is 508 g/mol. The summed E-state index contributed by atoms with van der Waals surface area (Å²) < 4.78 is 13.4. The Labute approximate surface area is 210 Å². The molecular weight excluding hydrogens is 485 g/mol. The summed E-state index contributed by atoms with van der Waals surface area (Å²) in [6.45, 7) is 1.12. The summed E-state index contributed by atoms with van der Waals surface area (Å²) in [5.41, 5.74) is 6.88.